The quantitative estimate of drug-likeness (QED) is 0.344. The van der Waals surface area contributed by atoms with Gasteiger partial charge in [-0.15, -0.1) is 0 Å². The Morgan fingerprint density at radius 1 is 1.42 bits per heavy atom. The van der Waals surface area contributed by atoms with E-state index in [2.05, 4.69) is 10.3 Å². The maximum Gasteiger partial charge on any atom is 0.129 e. The summed E-state index contributed by atoms with van der Waals surface area (Å²) >= 11 is 0. The van der Waals surface area contributed by atoms with E-state index in [1.165, 1.54) is 0 Å². The normalized spacial score (nSPS) is 30.8. The molecule has 1 aliphatic rings. The number of nitrogens with zero attached hydrogens (tertiary/aromatic N) is 2. The lowest BCUT2D eigenvalue weighted by Gasteiger charge is -2.18. The molecular formula is C7H10N2O3. The highest BCUT2D eigenvalue weighted by Crippen LogP contribution is 2.18. The van der Waals surface area contributed by atoms with E-state index in [9.17, 15) is 4.79 Å². The van der Waals surface area contributed by atoms with Gasteiger partial charge in [0.25, 0.3) is 0 Å². The topological polar surface area (TPSA) is 82.2 Å². The van der Waals surface area contributed by atoms with Crippen molar-refractivity contribution in [3.8, 4) is 0 Å². The van der Waals surface area contributed by atoms with Gasteiger partial charge in [-0.2, -0.15) is 0 Å². The summed E-state index contributed by atoms with van der Waals surface area (Å²) in [7, 11) is 0. The summed E-state index contributed by atoms with van der Waals surface area (Å²) in [6.45, 7) is 0. The molecule has 1 unspecified atom stereocenters. The van der Waals surface area contributed by atoms with Crippen LogP contribution in [0.25, 0.3) is 0 Å². The number of hydrogen-bond donors (Lipinski definition) is 2. The van der Waals surface area contributed by atoms with E-state index >= 15 is 0 Å². The van der Waals surface area contributed by atoms with E-state index in [4.69, 9.17) is 10.4 Å². The molecule has 0 amide bonds. The third-order valence-electron chi connectivity index (χ3n) is 1.97. The minimum atomic E-state index is -0.422. The lowest BCUT2D eigenvalue weighted by atomic mass is 9.87. The van der Waals surface area contributed by atoms with Crippen molar-refractivity contribution in [2.45, 2.75) is 19.3 Å². The number of carbonyl (C=O) groups is 1. The first-order valence-corrected chi connectivity index (χ1v) is 3.72. The third-order valence-corrected chi connectivity index (χ3v) is 1.97. The van der Waals surface area contributed by atoms with E-state index in [1.807, 2.05) is 0 Å². The lowest BCUT2D eigenvalue weighted by Crippen LogP contribution is -2.29. The van der Waals surface area contributed by atoms with Crippen LogP contribution >= 0.6 is 0 Å². The van der Waals surface area contributed by atoms with Crippen LogP contribution in [0.15, 0.2) is 10.3 Å². The van der Waals surface area contributed by atoms with Crippen LogP contribution in [-0.2, 0) is 4.79 Å². The molecule has 2 N–H and O–H groups in total. The molecule has 1 fully saturated rings. The van der Waals surface area contributed by atoms with Crippen LogP contribution in [0.3, 0.4) is 0 Å². The van der Waals surface area contributed by atoms with Gasteiger partial charge in [0.2, 0.25) is 0 Å². The lowest BCUT2D eigenvalue weighted by molar-refractivity contribution is -0.109. The van der Waals surface area contributed by atoms with Crippen molar-refractivity contribution in [3.63, 3.8) is 0 Å². The zero-order valence-corrected chi connectivity index (χ0v) is 6.47. The SMILES string of the molecule is O=CC1CCCC(=N\O)/C1=N/O. The Morgan fingerprint density at radius 3 is 2.67 bits per heavy atom. The number of aldehydes is 1. The smallest absolute Gasteiger partial charge is 0.129 e. The summed E-state index contributed by atoms with van der Waals surface area (Å²) < 4.78 is 0. The number of carbonyl (C=O) groups excluding carboxylic acids is 1. The minimum absolute atomic E-state index is 0.193. The highest BCUT2D eigenvalue weighted by atomic mass is 16.4. The molecule has 0 bridgehead atoms. The van der Waals surface area contributed by atoms with E-state index in [1.54, 1.807) is 0 Å². The molecule has 0 aliphatic heterocycles. The summed E-state index contributed by atoms with van der Waals surface area (Å²) in [5.41, 5.74) is 0.500. The van der Waals surface area contributed by atoms with Gasteiger partial charge in [0.05, 0.1) is 5.92 Å². The van der Waals surface area contributed by atoms with Crippen molar-refractivity contribution in [1.82, 2.24) is 0 Å². The average Bonchev–Trinajstić information content (AvgIpc) is 2.16. The van der Waals surface area contributed by atoms with Crippen LogP contribution in [0.1, 0.15) is 19.3 Å². The summed E-state index contributed by atoms with van der Waals surface area (Å²) in [4.78, 5) is 10.5. The zero-order valence-electron chi connectivity index (χ0n) is 6.47. The molecule has 0 spiro atoms. The molecule has 0 aromatic heterocycles. The summed E-state index contributed by atoms with van der Waals surface area (Å²) in [5.74, 6) is -0.422. The van der Waals surface area contributed by atoms with Crippen molar-refractivity contribution >= 4 is 17.7 Å². The van der Waals surface area contributed by atoms with Crippen LogP contribution in [0.5, 0.6) is 0 Å². The predicted octanol–water partition coefficient (Wildman–Crippen LogP) is 0.646. The van der Waals surface area contributed by atoms with E-state index in [0.717, 1.165) is 6.42 Å². The molecule has 0 aromatic carbocycles. The fraction of sp³-hybridized carbons (Fsp3) is 0.571. The highest BCUT2D eigenvalue weighted by Gasteiger charge is 2.26. The minimum Gasteiger partial charge on any atom is -0.411 e. The first-order valence-electron chi connectivity index (χ1n) is 3.72. The summed E-state index contributed by atoms with van der Waals surface area (Å²) in [6.07, 6.45) is 2.70. The summed E-state index contributed by atoms with van der Waals surface area (Å²) in [6, 6.07) is 0. The van der Waals surface area contributed by atoms with Crippen molar-refractivity contribution < 1.29 is 15.2 Å². The number of rotatable bonds is 1. The van der Waals surface area contributed by atoms with E-state index < -0.39 is 5.92 Å². The molecule has 66 valence electrons. The monoisotopic (exact) mass is 170 g/mol. The molecule has 5 nitrogen and oxygen atoms in total. The van der Waals surface area contributed by atoms with Gasteiger partial charge in [0, 0.05) is 0 Å². The molecule has 12 heavy (non-hydrogen) atoms. The van der Waals surface area contributed by atoms with Crippen LogP contribution in [0, 0.1) is 5.92 Å². The Kier molecular flexibility index (Phi) is 2.79. The third kappa shape index (κ3) is 1.44. The van der Waals surface area contributed by atoms with Gasteiger partial charge in [-0.25, -0.2) is 0 Å². The van der Waals surface area contributed by atoms with E-state index in [0.29, 0.717) is 24.8 Å². The molecule has 0 radical (unpaired) electrons. The highest BCUT2D eigenvalue weighted by molar-refractivity contribution is 6.45. The first kappa shape index (κ1) is 8.70. The van der Waals surface area contributed by atoms with Gasteiger partial charge in [-0.1, -0.05) is 10.3 Å². The van der Waals surface area contributed by atoms with Crippen LogP contribution in [0.2, 0.25) is 0 Å². The Hall–Kier alpha value is -1.39. The largest absolute Gasteiger partial charge is 0.411 e. The van der Waals surface area contributed by atoms with Crippen molar-refractivity contribution in [2.24, 2.45) is 16.2 Å². The molecule has 1 aliphatic carbocycles. The van der Waals surface area contributed by atoms with Gasteiger partial charge in [0.15, 0.2) is 0 Å². The Balaban J connectivity index is 2.88. The maximum atomic E-state index is 10.5. The average molecular weight is 170 g/mol. The van der Waals surface area contributed by atoms with Gasteiger partial charge < -0.3 is 15.2 Å². The standard InChI is InChI=1S/C7H10N2O3/c10-4-5-2-1-3-6(8-11)7(5)9-12/h4-5,11-12H,1-3H2/b8-6+,9-7+. The van der Waals surface area contributed by atoms with Crippen LogP contribution in [-0.4, -0.2) is 28.1 Å². The molecule has 1 saturated carbocycles. The van der Waals surface area contributed by atoms with Crippen molar-refractivity contribution in [3.05, 3.63) is 0 Å². The fourth-order valence-corrected chi connectivity index (χ4v) is 1.33. The van der Waals surface area contributed by atoms with Gasteiger partial charge in [0.1, 0.15) is 17.7 Å². The number of oxime groups is 2. The van der Waals surface area contributed by atoms with Gasteiger partial charge >= 0.3 is 0 Å². The Bertz CT molecular complexity index is 235. The second-order valence-electron chi connectivity index (χ2n) is 2.67. The van der Waals surface area contributed by atoms with Gasteiger partial charge in [-0.3, -0.25) is 0 Å². The maximum absolute atomic E-state index is 10.5. The van der Waals surface area contributed by atoms with Crippen LogP contribution in [0.4, 0.5) is 0 Å². The van der Waals surface area contributed by atoms with E-state index in [-0.39, 0.29) is 5.71 Å². The van der Waals surface area contributed by atoms with Crippen molar-refractivity contribution in [1.29, 1.82) is 0 Å². The van der Waals surface area contributed by atoms with Crippen LogP contribution < -0.4 is 0 Å². The predicted molar refractivity (Wildman–Crippen MR) is 41.8 cm³/mol. The number of hydrogen-bond acceptors (Lipinski definition) is 5. The zero-order chi connectivity index (χ0) is 8.97. The molecule has 0 saturated heterocycles. The molecule has 0 heterocycles. The molecular weight excluding hydrogens is 160 g/mol. The fourth-order valence-electron chi connectivity index (χ4n) is 1.33. The van der Waals surface area contributed by atoms with Gasteiger partial charge in [-0.05, 0) is 19.3 Å². The Labute approximate surface area is 69.4 Å². The Morgan fingerprint density at radius 2 is 2.17 bits per heavy atom. The molecule has 1 rings (SSSR count). The van der Waals surface area contributed by atoms with Crippen molar-refractivity contribution in [2.75, 3.05) is 0 Å². The molecule has 5 heteroatoms. The molecule has 1 atom stereocenters. The first-order chi connectivity index (χ1) is 5.83. The second kappa shape index (κ2) is 3.85. The molecule has 0 aromatic rings. The summed E-state index contributed by atoms with van der Waals surface area (Å²) in [5, 5.41) is 22.9. The second-order valence-corrected chi connectivity index (χ2v) is 2.67.